The summed E-state index contributed by atoms with van der Waals surface area (Å²) in [5, 5.41) is 13.9. The molecule has 2 atom stereocenters. The zero-order valence-electron chi connectivity index (χ0n) is 24.7. The smallest absolute Gasteiger partial charge is 0.354 e. The molecule has 2 N–H and O–H groups in total. The number of halogens is 3. The van der Waals surface area contributed by atoms with Gasteiger partial charge >= 0.3 is 5.69 Å². The largest absolute Gasteiger partial charge is 0.507 e. The Kier molecular flexibility index (Phi) is 7.31. The molecule has 6 rings (SSSR count). The average Bonchev–Trinajstić information content (AvgIpc) is 3.13. The molecule has 4 aromatic rings. The van der Waals surface area contributed by atoms with E-state index >= 15 is 8.78 Å². The molecule has 9 nitrogen and oxygen atoms in total. The first-order valence-electron chi connectivity index (χ1n) is 14.3. The van der Waals surface area contributed by atoms with E-state index in [1.54, 1.807) is 24.1 Å². The molecule has 228 valence electrons. The summed E-state index contributed by atoms with van der Waals surface area (Å²) in [5.41, 5.74) is -0.426. The predicted octanol–water partition coefficient (Wildman–Crippen LogP) is 5.53. The van der Waals surface area contributed by atoms with Crippen molar-refractivity contribution in [2.24, 2.45) is 0 Å². The van der Waals surface area contributed by atoms with Crippen LogP contribution in [0.2, 0.25) is 5.02 Å². The standard InChI is InChI=1S/C32H31ClF2N6O3/c1-6-21(43)39-14-18-12-37-28-24-30(26(35)23(25(28)34)22-19(33)8-7-9-20(22)42)41(29-16(4)10-11-36-27(29)15(2)3)32(44)38-31(24)40(18)13-17(39)5/h6-11,15,17-18,37,42H,1,12-14H2,2-5H3. The minimum absolute atomic E-state index is 0.0612. The second-order valence-corrected chi connectivity index (χ2v) is 11.9. The van der Waals surface area contributed by atoms with Crippen LogP contribution in [0.5, 0.6) is 5.75 Å². The highest BCUT2D eigenvalue weighted by atomic mass is 35.5. The van der Waals surface area contributed by atoms with Gasteiger partial charge in [0.15, 0.2) is 11.6 Å². The predicted molar refractivity (Wildman–Crippen MR) is 167 cm³/mol. The van der Waals surface area contributed by atoms with Gasteiger partial charge < -0.3 is 20.2 Å². The van der Waals surface area contributed by atoms with E-state index in [0.29, 0.717) is 16.9 Å². The Labute approximate surface area is 257 Å². The van der Waals surface area contributed by atoms with Gasteiger partial charge in [-0.15, -0.1) is 0 Å². The number of aryl methyl sites for hydroxylation is 1. The first-order chi connectivity index (χ1) is 21.0. The Morgan fingerprint density at radius 1 is 1.20 bits per heavy atom. The molecule has 1 amide bonds. The molecule has 1 saturated heterocycles. The first-order valence-corrected chi connectivity index (χ1v) is 14.7. The number of aromatic nitrogens is 3. The summed E-state index contributed by atoms with van der Waals surface area (Å²) in [6.07, 6.45) is 2.85. The molecule has 0 bridgehead atoms. The summed E-state index contributed by atoms with van der Waals surface area (Å²) in [7, 11) is 0. The van der Waals surface area contributed by atoms with Crippen LogP contribution in [0.15, 0.2) is 47.9 Å². The number of nitrogens with one attached hydrogen (secondary N) is 1. The first kappa shape index (κ1) is 29.6. The third-order valence-corrected chi connectivity index (χ3v) is 8.76. The number of piperazine rings is 1. The fourth-order valence-corrected chi connectivity index (χ4v) is 6.62. The summed E-state index contributed by atoms with van der Waals surface area (Å²) in [6, 6.07) is 5.15. The summed E-state index contributed by atoms with van der Waals surface area (Å²) >= 11 is 6.43. The van der Waals surface area contributed by atoms with Crippen LogP contribution in [0.3, 0.4) is 0 Å². The number of phenolic OH excluding ortho intramolecular Hbond substituents is 1. The fraction of sp³-hybridized carbons (Fsp3) is 0.312. The van der Waals surface area contributed by atoms with Gasteiger partial charge in [0.25, 0.3) is 0 Å². The van der Waals surface area contributed by atoms with Gasteiger partial charge in [-0.2, -0.15) is 4.98 Å². The van der Waals surface area contributed by atoms with E-state index in [9.17, 15) is 14.7 Å². The van der Waals surface area contributed by atoms with Gasteiger partial charge in [0.1, 0.15) is 17.1 Å². The zero-order chi connectivity index (χ0) is 31.6. The van der Waals surface area contributed by atoms with Crippen molar-refractivity contribution in [3.05, 3.63) is 81.5 Å². The number of fused-ring (bicyclic) bond motifs is 2. The van der Waals surface area contributed by atoms with Crippen molar-refractivity contribution < 1.29 is 18.7 Å². The van der Waals surface area contributed by atoms with Crippen molar-refractivity contribution in [1.82, 2.24) is 19.4 Å². The molecule has 0 aliphatic carbocycles. The molecular weight excluding hydrogens is 590 g/mol. The van der Waals surface area contributed by atoms with Crippen molar-refractivity contribution in [3.63, 3.8) is 0 Å². The van der Waals surface area contributed by atoms with Crippen LogP contribution in [0.25, 0.3) is 27.7 Å². The summed E-state index contributed by atoms with van der Waals surface area (Å²) in [4.78, 5) is 39.2. The van der Waals surface area contributed by atoms with Crippen LogP contribution >= 0.6 is 11.6 Å². The van der Waals surface area contributed by atoms with Gasteiger partial charge in [-0.3, -0.25) is 14.3 Å². The molecule has 0 saturated carbocycles. The highest BCUT2D eigenvalue weighted by Gasteiger charge is 2.40. The van der Waals surface area contributed by atoms with Crippen LogP contribution in [0.1, 0.15) is 37.9 Å². The SMILES string of the molecule is C=CC(=O)N1CC2CNc3c(F)c(-c4c(O)cccc4Cl)c(F)c4c3c(nc(=O)n4-c3c(C)ccnc3C(C)C)N2CC1C. The quantitative estimate of drug-likeness (QED) is 0.289. The van der Waals surface area contributed by atoms with Crippen LogP contribution in [0, 0.1) is 18.6 Å². The van der Waals surface area contributed by atoms with E-state index in [0.717, 1.165) is 4.57 Å². The number of hydrogen-bond acceptors (Lipinski definition) is 7. The molecule has 1 fully saturated rings. The molecular formula is C32H31ClF2N6O3. The van der Waals surface area contributed by atoms with Crippen LogP contribution in [-0.2, 0) is 4.79 Å². The maximum Gasteiger partial charge on any atom is 0.354 e. The van der Waals surface area contributed by atoms with Gasteiger partial charge in [0.05, 0.1) is 39.1 Å². The number of nitrogens with zero attached hydrogens (tertiary/aromatic N) is 5. The maximum absolute atomic E-state index is 17.2. The Morgan fingerprint density at radius 3 is 2.64 bits per heavy atom. The zero-order valence-corrected chi connectivity index (χ0v) is 25.4. The third kappa shape index (κ3) is 4.40. The summed E-state index contributed by atoms with van der Waals surface area (Å²) in [5.74, 6) is -2.82. The van der Waals surface area contributed by atoms with Crippen LogP contribution < -0.4 is 15.9 Å². The summed E-state index contributed by atoms with van der Waals surface area (Å²) < 4.78 is 35.1. The lowest BCUT2D eigenvalue weighted by Crippen LogP contribution is -2.60. The van der Waals surface area contributed by atoms with E-state index in [-0.39, 0.29) is 70.5 Å². The topological polar surface area (TPSA) is 104 Å². The monoisotopic (exact) mass is 620 g/mol. The number of hydrogen-bond donors (Lipinski definition) is 2. The molecule has 2 unspecified atom stereocenters. The van der Waals surface area contributed by atoms with Crippen molar-refractivity contribution >= 4 is 39.9 Å². The highest BCUT2D eigenvalue weighted by molar-refractivity contribution is 6.33. The van der Waals surface area contributed by atoms with Gasteiger partial charge in [0.2, 0.25) is 5.91 Å². The van der Waals surface area contributed by atoms with Gasteiger partial charge in [0, 0.05) is 37.4 Å². The molecule has 44 heavy (non-hydrogen) atoms. The molecule has 0 radical (unpaired) electrons. The minimum Gasteiger partial charge on any atom is -0.507 e. The van der Waals surface area contributed by atoms with Gasteiger partial charge in [-0.25, -0.2) is 13.6 Å². The Bertz CT molecular complexity index is 1910. The van der Waals surface area contributed by atoms with E-state index in [1.807, 2.05) is 25.7 Å². The number of amides is 1. The lowest BCUT2D eigenvalue weighted by atomic mass is 9.98. The number of pyridine rings is 1. The number of carbonyl (C=O) groups is 1. The van der Waals surface area contributed by atoms with Crippen LogP contribution in [-0.4, -0.2) is 62.2 Å². The lowest BCUT2D eigenvalue weighted by Gasteiger charge is -2.45. The fourth-order valence-electron chi connectivity index (χ4n) is 6.36. The number of benzene rings is 2. The van der Waals surface area contributed by atoms with Gasteiger partial charge in [-0.05, 0) is 49.6 Å². The van der Waals surface area contributed by atoms with E-state index < -0.39 is 34.7 Å². The molecule has 2 aromatic heterocycles. The molecule has 12 heteroatoms. The normalized spacial score (nSPS) is 17.8. The van der Waals surface area contributed by atoms with E-state index in [2.05, 4.69) is 21.9 Å². The van der Waals surface area contributed by atoms with Gasteiger partial charge in [-0.1, -0.05) is 38.1 Å². The number of anilines is 2. The molecule has 2 aliphatic heterocycles. The van der Waals surface area contributed by atoms with Crippen molar-refractivity contribution in [2.75, 3.05) is 29.9 Å². The molecule has 0 spiro atoms. The average molecular weight is 621 g/mol. The highest BCUT2D eigenvalue weighted by Crippen LogP contribution is 2.47. The number of carbonyl (C=O) groups excluding carboxylic acids is 1. The second-order valence-electron chi connectivity index (χ2n) is 11.5. The molecule has 2 aliphatic rings. The maximum atomic E-state index is 17.2. The second kappa shape index (κ2) is 10.9. The number of rotatable bonds is 4. The van der Waals surface area contributed by atoms with E-state index in [1.165, 1.54) is 24.3 Å². The Morgan fingerprint density at radius 2 is 1.95 bits per heavy atom. The lowest BCUT2D eigenvalue weighted by molar-refractivity contribution is -0.128. The van der Waals surface area contributed by atoms with Crippen LogP contribution in [0.4, 0.5) is 20.3 Å². The Hall–Kier alpha value is -4.51. The van der Waals surface area contributed by atoms with E-state index in [4.69, 9.17) is 11.6 Å². The van der Waals surface area contributed by atoms with Crippen molar-refractivity contribution in [1.29, 1.82) is 0 Å². The van der Waals surface area contributed by atoms with Crippen molar-refractivity contribution in [3.8, 4) is 22.6 Å². The number of aromatic hydroxyl groups is 1. The van der Waals surface area contributed by atoms with Crippen molar-refractivity contribution in [2.45, 2.75) is 45.7 Å². The Balaban J connectivity index is 1.77. The molecule has 4 heterocycles. The minimum atomic E-state index is -1.09. The number of phenols is 1. The summed E-state index contributed by atoms with van der Waals surface area (Å²) in [6.45, 7) is 11.7. The third-order valence-electron chi connectivity index (χ3n) is 8.45. The molecule has 2 aromatic carbocycles.